The van der Waals surface area contributed by atoms with E-state index in [1.165, 1.54) is 20.2 Å². The first-order chi connectivity index (χ1) is 26.8. The number of nitrogens with zero attached hydrogens (tertiary/aromatic N) is 2. The molecule has 0 saturated carbocycles. The molecule has 8 aromatic carbocycles. The normalized spacial score (nSPS) is 11.8. The molecule has 0 N–H and O–H groups in total. The number of fused-ring (bicyclic) bond motifs is 6. The van der Waals surface area contributed by atoms with Crippen molar-refractivity contribution in [3.8, 4) is 39.1 Å². The Labute approximate surface area is 330 Å². The molecule has 0 amide bonds. The van der Waals surface area contributed by atoms with Crippen LogP contribution in [0.1, 0.15) is 12.7 Å². The van der Waals surface area contributed by atoms with Gasteiger partial charge < -0.3 is 0 Å². The summed E-state index contributed by atoms with van der Waals surface area (Å²) in [5.41, 5.74) is 10.3. The molecule has 0 spiro atoms. The van der Waals surface area contributed by atoms with Gasteiger partial charge in [-0.3, -0.25) is 4.57 Å². The van der Waals surface area contributed by atoms with Crippen molar-refractivity contribution in [3.05, 3.63) is 139 Å². The van der Waals surface area contributed by atoms with Gasteiger partial charge in [0.1, 0.15) is 45.1 Å². The van der Waals surface area contributed by atoms with E-state index in [0.29, 0.717) is 16.5 Å². The predicted octanol–water partition coefficient (Wildman–Crippen LogP) is 7.23. The van der Waals surface area contributed by atoms with Crippen molar-refractivity contribution in [3.63, 3.8) is 0 Å². The molecule has 2 heterocycles. The predicted molar refractivity (Wildman–Crippen MR) is 242 cm³/mol. The van der Waals surface area contributed by atoms with Crippen molar-refractivity contribution >= 4 is 131 Å². The zero-order chi connectivity index (χ0) is 37.5. The van der Waals surface area contributed by atoms with Crippen LogP contribution in [0.5, 0.6) is 0 Å². The summed E-state index contributed by atoms with van der Waals surface area (Å²) in [5.74, 6) is 1.02. The molecule has 0 fully saturated rings. The molecule has 0 aliphatic rings. The van der Waals surface area contributed by atoms with Crippen molar-refractivity contribution < 1.29 is 0 Å². The SMILES string of the molecule is [B]c1c([B])c([B])c(-c2ccc3c(-c4cccc(-n5c(CC)nc6ccccc65)c4)c4ccccc4c(-c4cccc5sc6ccccc6c45)c3c2)c([B])c1[B]. The number of benzene rings is 8. The van der Waals surface area contributed by atoms with Gasteiger partial charge in [-0.25, -0.2) is 4.98 Å². The van der Waals surface area contributed by atoms with Crippen LogP contribution in [-0.2, 0) is 6.42 Å². The Hall–Kier alpha value is -5.71. The summed E-state index contributed by atoms with van der Waals surface area (Å²) in [6, 6.07) is 47.5. The first-order valence-corrected chi connectivity index (χ1v) is 19.1. The van der Waals surface area contributed by atoms with E-state index in [9.17, 15) is 0 Å². The van der Waals surface area contributed by atoms with Crippen LogP contribution < -0.4 is 27.3 Å². The molecular formula is C47H27B5N2S. The van der Waals surface area contributed by atoms with Crippen molar-refractivity contribution in [2.24, 2.45) is 0 Å². The summed E-state index contributed by atoms with van der Waals surface area (Å²) in [6.07, 6.45) is 0.803. The largest absolute Gasteiger partial charge is 0.296 e. The molecule has 246 valence electrons. The third kappa shape index (κ3) is 5.11. The molecule has 10 aromatic rings. The zero-order valence-corrected chi connectivity index (χ0v) is 30.9. The summed E-state index contributed by atoms with van der Waals surface area (Å²) in [7, 11) is 32.5. The van der Waals surface area contributed by atoms with Gasteiger partial charge in [-0.05, 0) is 97.4 Å². The highest BCUT2D eigenvalue weighted by atomic mass is 32.1. The van der Waals surface area contributed by atoms with Crippen LogP contribution in [0.15, 0.2) is 133 Å². The molecule has 0 saturated heterocycles. The third-order valence-electron chi connectivity index (χ3n) is 11.0. The van der Waals surface area contributed by atoms with E-state index in [0.717, 1.165) is 78.3 Å². The summed E-state index contributed by atoms with van der Waals surface area (Å²) in [4.78, 5) is 4.99. The lowest BCUT2D eigenvalue weighted by Crippen LogP contribution is -2.55. The van der Waals surface area contributed by atoms with Gasteiger partial charge in [0.05, 0.1) is 11.0 Å². The molecule has 10 radical (unpaired) electrons. The van der Waals surface area contributed by atoms with Gasteiger partial charge in [0.15, 0.2) is 0 Å². The Balaban J connectivity index is 1.34. The fraction of sp³-hybridized carbons (Fsp3) is 0.0426. The van der Waals surface area contributed by atoms with E-state index in [4.69, 9.17) is 44.2 Å². The molecule has 0 aliphatic heterocycles. The number of rotatable bonds is 5. The second kappa shape index (κ2) is 13.0. The van der Waals surface area contributed by atoms with Crippen LogP contribution in [-0.4, -0.2) is 48.8 Å². The van der Waals surface area contributed by atoms with E-state index in [1.807, 2.05) is 17.4 Å². The molecule has 2 nitrogen and oxygen atoms in total. The molecule has 0 bridgehead atoms. The molecule has 8 heteroatoms. The number of hydrogen-bond donors (Lipinski definition) is 0. The van der Waals surface area contributed by atoms with E-state index < -0.39 is 0 Å². The Morgan fingerprint density at radius 1 is 0.509 bits per heavy atom. The second-order valence-corrected chi connectivity index (χ2v) is 15.1. The number of aryl methyl sites for hydroxylation is 1. The van der Waals surface area contributed by atoms with E-state index >= 15 is 0 Å². The van der Waals surface area contributed by atoms with Crippen molar-refractivity contribution in [1.29, 1.82) is 0 Å². The standard InChI is InChI=1S/C47H27B5N2S/c1-2-38-53-34-17-6-7-18-35(34)54(38)27-12-9-11-25(23-27)39-28-13-3-4-14-29(28)41(32-16-10-20-37-42(32)31-15-5-8-19-36(31)55-37)33-24-26(21-22-30(33)39)40-43(48)45(50)47(52)46(51)44(40)49/h3-24H,2H2,1H3. The molecule has 2 aromatic heterocycles. The zero-order valence-electron chi connectivity index (χ0n) is 30.1. The smallest absolute Gasteiger partial charge is 0.114 e. The number of aromatic nitrogens is 2. The van der Waals surface area contributed by atoms with Gasteiger partial charge in [0, 0.05) is 32.3 Å². The maximum absolute atomic E-state index is 6.69. The second-order valence-electron chi connectivity index (χ2n) is 14.0. The minimum Gasteiger partial charge on any atom is -0.296 e. The maximum atomic E-state index is 6.69. The maximum Gasteiger partial charge on any atom is 0.114 e. The van der Waals surface area contributed by atoms with E-state index in [2.05, 4.69) is 139 Å². The van der Waals surface area contributed by atoms with Crippen LogP contribution in [0.2, 0.25) is 0 Å². The van der Waals surface area contributed by atoms with Gasteiger partial charge >= 0.3 is 0 Å². The lowest BCUT2D eigenvalue weighted by atomic mass is 9.59. The molecule has 0 aliphatic carbocycles. The van der Waals surface area contributed by atoms with E-state index in [1.54, 1.807) is 0 Å². The number of para-hydroxylation sites is 2. The Morgan fingerprint density at radius 2 is 1.13 bits per heavy atom. The first-order valence-electron chi connectivity index (χ1n) is 18.3. The Bertz CT molecular complexity index is 3190. The average molecular weight is 706 g/mol. The molecule has 10 rings (SSSR count). The van der Waals surface area contributed by atoms with Gasteiger partial charge in [-0.1, -0.05) is 109 Å². The number of thiophene rings is 1. The lowest BCUT2D eigenvalue weighted by molar-refractivity contribution is 0.908. The third-order valence-corrected chi connectivity index (χ3v) is 12.2. The van der Waals surface area contributed by atoms with Crippen LogP contribution in [0.3, 0.4) is 0 Å². The van der Waals surface area contributed by atoms with Crippen LogP contribution in [0.25, 0.3) is 91.8 Å². The minimum absolute atomic E-state index is 0.196. The summed E-state index contributed by atoms with van der Waals surface area (Å²) >= 11 is 1.81. The summed E-state index contributed by atoms with van der Waals surface area (Å²) in [6.45, 7) is 2.15. The average Bonchev–Trinajstić information content (AvgIpc) is 3.80. The van der Waals surface area contributed by atoms with Gasteiger partial charge in [-0.15, -0.1) is 27.7 Å². The fourth-order valence-electron chi connectivity index (χ4n) is 8.48. The minimum atomic E-state index is 0.196. The Morgan fingerprint density at radius 3 is 1.91 bits per heavy atom. The topological polar surface area (TPSA) is 17.8 Å². The highest BCUT2D eigenvalue weighted by molar-refractivity contribution is 7.26. The van der Waals surface area contributed by atoms with Gasteiger partial charge in [0.2, 0.25) is 0 Å². The van der Waals surface area contributed by atoms with Gasteiger partial charge in [0.25, 0.3) is 0 Å². The first kappa shape index (κ1) is 33.8. The Kier molecular flexibility index (Phi) is 7.97. The van der Waals surface area contributed by atoms with Crippen molar-refractivity contribution in [2.75, 3.05) is 0 Å². The molecule has 55 heavy (non-hydrogen) atoms. The fourth-order valence-corrected chi connectivity index (χ4v) is 9.61. The number of imidazole rings is 1. The highest BCUT2D eigenvalue weighted by Crippen LogP contribution is 2.48. The summed E-state index contributed by atoms with van der Waals surface area (Å²) in [5, 5.41) is 6.89. The molecule has 0 unspecified atom stereocenters. The van der Waals surface area contributed by atoms with Crippen LogP contribution in [0, 0.1) is 0 Å². The molecular weight excluding hydrogens is 679 g/mol. The monoisotopic (exact) mass is 706 g/mol. The quantitative estimate of drug-likeness (QED) is 0.137. The summed E-state index contributed by atoms with van der Waals surface area (Å²) < 4.78 is 4.76. The van der Waals surface area contributed by atoms with Crippen LogP contribution in [0.4, 0.5) is 0 Å². The van der Waals surface area contributed by atoms with E-state index in [-0.39, 0.29) is 16.4 Å². The van der Waals surface area contributed by atoms with Crippen molar-refractivity contribution in [1.82, 2.24) is 9.55 Å². The van der Waals surface area contributed by atoms with Gasteiger partial charge in [-0.2, -0.15) is 0 Å². The van der Waals surface area contributed by atoms with Crippen molar-refractivity contribution in [2.45, 2.75) is 13.3 Å². The lowest BCUT2D eigenvalue weighted by Gasteiger charge is -2.23. The number of hydrogen-bond acceptors (Lipinski definition) is 2. The van der Waals surface area contributed by atoms with Crippen LogP contribution >= 0.6 is 11.3 Å². The molecule has 0 atom stereocenters. The highest BCUT2D eigenvalue weighted by Gasteiger charge is 2.22.